The monoisotopic (exact) mass is 324 g/mol. The van der Waals surface area contributed by atoms with Crippen LogP contribution in [0.3, 0.4) is 0 Å². The highest BCUT2D eigenvalue weighted by Gasteiger charge is 2.24. The second kappa shape index (κ2) is 6.95. The van der Waals surface area contributed by atoms with Crippen molar-refractivity contribution in [2.24, 2.45) is 5.73 Å². The molecule has 0 bridgehead atoms. The van der Waals surface area contributed by atoms with Gasteiger partial charge in [0.05, 0.1) is 13.2 Å². The zero-order chi connectivity index (χ0) is 17.0. The number of alkyl carbamates (subject to hydrolysis) is 1. The predicted octanol–water partition coefficient (Wildman–Crippen LogP) is 1.99. The number of hydrogen-bond donors (Lipinski definition) is 2. The molecular formula is C16H24N2O5. The van der Waals surface area contributed by atoms with Crippen molar-refractivity contribution in [2.45, 2.75) is 32.4 Å². The number of fused-ring (bicyclic) bond motifs is 1. The van der Waals surface area contributed by atoms with Gasteiger partial charge in [-0.25, -0.2) is 4.79 Å². The van der Waals surface area contributed by atoms with Crippen molar-refractivity contribution in [3.05, 3.63) is 17.7 Å². The summed E-state index contributed by atoms with van der Waals surface area (Å²) in [5, 5.41) is 2.76. The Balaban J connectivity index is 2.22. The van der Waals surface area contributed by atoms with Crippen LogP contribution in [0.4, 0.5) is 4.79 Å². The number of benzene rings is 1. The molecule has 3 N–H and O–H groups in total. The molecule has 1 heterocycles. The Morgan fingerprint density at radius 1 is 1.35 bits per heavy atom. The minimum absolute atomic E-state index is 0.210. The van der Waals surface area contributed by atoms with E-state index in [0.717, 1.165) is 5.56 Å². The normalized spacial score (nSPS) is 14.8. The highest BCUT2D eigenvalue weighted by atomic mass is 16.6. The van der Waals surface area contributed by atoms with Gasteiger partial charge in [-0.15, -0.1) is 0 Å². The number of carbonyl (C=O) groups excluding carboxylic acids is 1. The molecule has 1 atom stereocenters. The van der Waals surface area contributed by atoms with Crippen LogP contribution in [0.1, 0.15) is 32.4 Å². The molecule has 1 amide bonds. The fourth-order valence-corrected chi connectivity index (χ4v) is 2.22. The zero-order valence-electron chi connectivity index (χ0n) is 14.0. The second-order valence-corrected chi connectivity index (χ2v) is 6.18. The maximum atomic E-state index is 12.0. The van der Waals surface area contributed by atoms with Gasteiger partial charge in [0.25, 0.3) is 0 Å². The fourth-order valence-electron chi connectivity index (χ4n) is 2.22. The fraction of sp³-hybridized carbons (Fsp3) is 0.562. The van der Waals surface area contributed by atoms with Gasteiger partial charge in [0.1, 0.15) is 18.8 Å². The standard InChI is InChI=1S/C16H24N2O5/c1-16(2,3)23-15(19)18-11(9-17)10-7-12(20-4)14-13(8-10)21-5-6-22-14/h7-8,11H,5-6,9,17H2,1-4H3,(H,18,19). The molecule has 7 nitrogen and oxygen atoms in total. The van der Waals surface area contributed by atoms with E-state index < -0.39 is 17.7 Å². The van der Waals surface area contributed by atoms with Crippen LogP contribution >= 0.6 is 0 Å². The Kier molecular flexibility index (Phi) is 5.20. The van der Waals surface area contributed by atoms with Crippen LogP contribution in [0.5, 0.6) is 17.2 Å². The van der Waals surface area contributed by atoms with Crippen LogP contribution in [0, 0.1) is 0 Å². The lowest BCUT2D eigenvalue weighted by Crippen LogP contribution is -2.37. The first kappa shape index (κ1) is 17.2. The summed E-state index contributed by atoms with van der Waals surface area (Å²) in [6.45, 7) is 6.55. The van der Waals surface area contributed by atoms with E-state index in [-0.39, 0.29) is 6.54 Å². The van der Waals surface area contributed by atoms with E-state index in [2.05, 4.69) is 5.32 Å². The van der Waals surface area contributed by atoms with E-state index in [1.807, 2.05) is 0 Å². The van der Waals surface area contributed by atoms with Crippen LogP contribution in [0.25, 0.3) is 0 Å². The molecule has 1 aromatic rings. The quantitative estimate of drug-likeness (QED) is 0.880. The van der Waals surface area contributed by atoms with Crippen LogP contribution in [-0.2, 0) is 4.74 Å². The Labute approximate surface area is 136 Å². The molecule has 1 aliphatic rings. The third-order valence-corrected chi connectivity index (χ3v) is 3.18. The summed E-state index contributed by atoms with van der Waals surface area (Å²) in [4.78, 5) is 12.0. The molecular weight excluding hydrogens is 300 g/mol. The summed E-state index contributed by atoms with van der Waals surface area (Å²) < 4.78 is 21.8. The molecule has 0 radical (unpaired) electrons. The van der Waals surface area contributed by atoms with Crippen molar-refractivity contribution in [3.63, 3.8) is 0 Å². The van der Waals surface area contributed by atoms with Gasteiger partial charge in [0.15, 0.2) is 11.5 Å². The molecule has 1 aliphatic heterocycles. The van der Waals surface area contributed by atoms with Gasteiger partial charge in [-0.3, -0.25) is 0 Å². The number of carbonyl (C=O) groups is 1. The number of amides is 1. The number of methoxy groups -OCH3 is 1. The van der Waals surface area contributed by atoms with Crippen molar-refractivity contribution in [1.29, 1.82) is 0 Å². The Morgan fingerprint density at radius 3 is 2.65 bits per heavy atom. The maximum absolute atomic E-state index is 12.0. The number of hydrogen-bond acceptors (Lipinski definition) is 6. The summed E-state index contributed by atoms with van der Waals surface area (Å²) in [5.74, 6) is 1.69. The third kappa shape index (κ3) is 4.41. The van der Waals surface area contributed by atoms with E-state index >= 15 is 0 Å². The lowest BCUT2D eigenvalue weighted by atomic mass is 10.1. The molecule has 0 spiro atoms. The van der Waals surface area contributed by atoms with Crippen molar-refractivity contribution in [3.8, 4) is 17.2 Å². The van der Waals surface area contributed by atoms with E-state index in [0.29, 0.717) is 30.5 Å². The Hall–Kier alpha value is -2.15. The van der Waals surface area contributed by atoms with Gasteiger partial charge in [-0.05, 0) is 38.5 Å². The summed E-state index contributed by atoms with van der Waals surface area (Å²) in [6, 6.07) is 3.16. The van der Waals surface area contributed by atoms with Crippen LogP contribution in [-0.4, -0.2) is 38.6 Å². The van der Waals surface area contributed by atoms with Gasteiger partial charge in [-0.1, -0.05) is 0 Å². The van der Waals surface area contributed by atoms with E-state index in [4.69, 9.17) is 24.7 Å². The van der Waals surface area contributed by atoms with Crippen LogP contribution in [0.15, 0.2) is 12.1 Å². The maximum Gasteiger partial charge on any atom is 0.408 e. The van der Waals surface area contributed by atoms with Crippen LogP contribution in [0.2, 0.25) is 0 Å². The predicted molar refractivity (Wildman–Crippen MR) is 85.1 cm³/mol. The van der Waals surface area contributed by atoms with Gasteiger partial charge in [0, 0.05) is 6.54 Å². The van der Waals surface area contributed by atoms with Crippen molar-refractivity contribution in [1.82, 2.24) is 5.32 Å². The van der Waals surface area contributed by atoms with E-state index in [1.54, 1.807) is 40.0 Å². The summed E-state index contributed by atoms with van der Waals surface area (Å²) >= 11 is 0. The van der Waals surface area contributed by atoms with Gasteiger partial charge >= 0.3 is 6.09 Å². The molecule has 0 aromatic heterocycles. The van der Waals surface area contributed by atoms with Gasteiger partial charge in [0.2, 0.25) is 5.75 Å². The lowest BCUT2D eigenvalue weighted by molar-refractivity contribution is 0.0505. The minimum Gasteiger partial charge on any atom is -0.493 e. The summed E-state index contributed by atoms with van der Waals surface area (Å²) in [6.07, 6.45) is -0.526. The molecule has 0 saturated heterocycles. The van der Waals surface area contributed by atoms with E-state index in [1.165, 1.54) is 0 Å². The zero-order valence-corrected chi connectivity index (χ0v) is 14.0. The Morgan fingerprint density at radius 2 is 2.04 bits per heavy atom. The molecule has 7 heteroatoms. The minimum atomic E-state index is -0.576. The lowest BCUT2D eigenvalue weighted by Gasteiger charge is -2.25. The Bertz CT molecular complexity index is 551. The van der Waals surface area contributed by atoms with Crippen molar-refractivity contribution in [2.75, 3.05) is 26.9 Å². The van der Waals surface area contributed by atoms with E-state index in [9.17, 15) is 4.79 Å². The second-order valence-electron chi connectivity index (χ2n) is 6.18. The summed E-state index contributed by atoms with van der Waals surface area (Å²) in [7, 11) is 1.55. The molecule has 2 rings (SSSR count). The molecule has 23 heavy (non-hydrogen) atoms. The topological polar surface area (TPSA) is 92.0 Å². The SMILES string of the molecule is COc1cc(C(CN)NC(=O)OC(C)(C)C)cc2c1OCCO2. The van der Waals surface area contributed by atoms with Gasteiger partial charge < -0.3 is 30.0 Å². The third-order valence-electron chi connectivity index (χ3n) is 3.18. The smallest absolute Gasteiger partial charge is 0.408 e. The number of ether oxygens (including phenoxy) is 4. The molecule has 1 unspecified atom stereocenters. The number of nitrogens with two attached hydrogens (primary N) is 1. The van der Waals surface area contributed by atoms with Gasteiger partial charge in [-0.2, -0.15) is 0 Å². The first-order valence-corrected chi connectivity index (χ1v) is 7.51. The molecule has 0 aliphatic carbocycles. The average Bonchev–Trinajstić information content (AvgIpc) is 2.49. The first-order chi connectivity index (χ1) is 10.8. The highest BCUT2D eigenvalue weighted by molar-refractivity contribution is 5.68. The molecule has 0 saturated carbocycles. The number of rotatable bonds is 4. The first-order valence-electron chi connectivity index (χ1n) is 7.51. The average molecular weight is 324 g/mol. The largest absolute Gasteiger partial charge is 0.493 e. The number of nitrogens with one attached hydrogen (secondary N) is 1. The molecule has 128 valence electrons. The highest BCUT2D eigenvalue weighted by Crippen LogP contribution is 2.41. The molecule has 1 aromatic carbocycles. The van der Waals surface area contributed by atoms with Crippen LogP contribution < -0.4 is 25.3 Å². The molecule has 0 fully saturated rings. The van der Waals surface area contributed by atoms with Crippen molar-refractivity contribution < 1.29 is 23.7 Å². The summed E-state index contributed by atoms with van der Waals surface area (Å²) in [5.41, 5.74) is 5.99. The van der Waals surface area contributed by atoms with Crippen molar-refractivity contribution >= 4 is 6.09 Å².